The van der Waals surface area contributed by atoms with Gasteiger partial charge in [-0.3, -0.25) is 0 Å². The number of para-hydroxylation sites is 2. The van der Waals surface area contributed by atoms with E-state index in [0.717, 1.165) is 18.4 Å². The zero-order chi connectivity index (χ0) is 19.5. The number of H-pyrrole nitrogens is 1. The smallest absolute Gasteiger partial charge is 0.339 e. The van der Waals surface area contributed by atoms with Gasteiger partial charge >= 0.3 is 12.0 Å². The van der Waals surface area contributed by atoms with Gasteiger partial charge in [-0.05, 0) is 42.5 Å². The predicted molar refractivity (Wildman–Crippen MR) is 109 cm³/mol. The molecular weight excluding hydrogens is 354 g/mol. The summed E-state index contributed by atoms with van der Waals surface area (Å²) < 4.78 is 4.79. The lowest BCUT2D eigenvalue weighted by molar-refractivity contribution is 0.0602. The number of hydrogen-bond acceptors (Lipinski definition) is 3. The topological polar surface area (TPSA) is 74.4 Å². The van der Waals surface area contributed by atoms with E-state index in [-0.39, 0.29) is 6.03 Å². The third-order valence-electron chi connectivity index (χ3n) is 5.42. The van der Waals surface area contributed by atoms with Crippen molar-refractivity contribution in [3.63, 3.8) is 0 Å². The number of nitrogens with one attached hydrogen (secondary N) is 2. The number of ether oxygens (including phenoxy) is 1. The molecule has 4 rings (SSSR count). The fourth-order valence-electron chi connectivity index (χ4n) is 3.90. The van der Waals surface area contributed by atoms with Crippen LogP contribution in [0.15, 0.2) is 54.7 Å². The van der Waals surface area contributed by atoms with Crippen LogP contribution in [0.3, 0.4) is 0 Å². The number of fused-ring (bicyclic) bond motifs is 1. The highest BCUT2D eigenvalue weighted by Gasteiger charge is 2.26. The number of methoxy groups -OCH3 is 1. The van der Waals surface area contributed by atoms with E-state index in [1.165, 1.54) is 18.1 Å². The van der Waals surface area contributed by atoms with Crippen molar-refractivity contribution in [2.75, 3.05) is 25.5 Å². The summed E-state index contributed by atoms with van der Waals surface area (Å²) in [6.07, 6.45) is 3.92. The zero-order valence-electron chi connectivity index (χ0n) is 15.8. The summed E-state index contributed by atoms with van der Waals surface area (Å²) in [5.74, 6) is -0.0310. The first kappa shape index (κ1) is 18.1. The van der Waals surface area contributed by atoms with Gasteiger partial charge in [-0.2, -0.15) is 0 Å². The highest BCUT2D eigenvalue weighted by molar-refractivity contribution is 6.00. The van der Waals surface area contributed by atoms with Gasteiger partial charge in [0.15, 0.2) is 0 Å². The molecule has 0 saturated carbocycles. The largest absolute Gasteiger partial charge is 0.465 e. The third kappa shape index (κ3) is 3.45. The normalized spacial score (nSPS) is 14.8. The molecule has 2 heterocycles. The van der Waals surface area contributed by atoms with Crippen LogP contribution >= 0.6 is 0 Å². The Morgan fingerprint density at radius 1 is 1.07 bits per heavy atom. The average Bonchev–Trinajstić information content (AvgIpc) is 3.18. The number of aromatic amines is 1. The molecule has 3 aromatic rings. The lowest BCUT2D eigenvalue weighted by Crippen LogP contribution is -2.40. The monoisotopic (exact) mass is 377 g/mol. The summed E-state index contributed by atoms with van der Waals surface area (Å²) in [5.41, 5.74) is 3.30. The molecule has 1 aromatic heterocycles. The van der Waals surface area contributed by atoms with Crippen molar-refractivity contribution in [3.05, 3.63) is 65.9 Å². The fraction of sp³-hybridized carbons (Fsp3) is 0.273. The van der Waals surface area contributed by atoms with Crippen LogP contribution in [0.1, 0.15) is 34.7 Å². The predicted octanol–water partition coefficient (Wildman–Crippen LogP) is 4.37. The first-order valence-electron chi connectivity index (χ1n) is 9.46. The minimum atomic E-state index is -0.464. The van der Waals surface area contributed by atoms with Gasteiger partial charge in [0.2, 0.25) is 0 Å². The number of rotatable bonds is 3. The summed E-state index contributed by atoms with van der Waals surface area (Å²) in [5, 5.41) is 4.12. The van der Waals surface area contributed by atoms with Crippen LogP contribution in [-0.2, 0) is 4.74 Å². The Balaban J connectivity index is 1.42. The van der Waals surface area contributed by atoms with Crippen LogP contribution < -0.4 is 5.32 Å². The molecule has 2 N–H and O–H groups in total. The first-order chi connectivity index (χ1) is 13.7. The summed E-state index contributed by atoms with van der Waals surface area (Å²) in [6.45, 7) is 1.35. The number of nitrogens with zero attached hydrogens (tertiary/aromatic N) is 1. The molecule has 1 aliphatic heterocycles. The fourth-order valence-corrected chi connectivity index (χ4v) is 3.90. The molecule has 2 amide bonds. The standard InChI is InChI=1S/C22H23N3O3/c1-28-21(26)17-7-3-5-9-20(17)24-22(27)25-12-10-15(11-13-25)18-14-23-19-8-4-2-6-16(18)19/h2-9,14-15,23H,10-13H2,1H3,(H,24,27). The molecular formula is C22H23N3O3. The lowest BCUT2D eigenvalue weighted by Gasteiger charge is -2.32. The van der Waals surface area contributed by atoms with E-state index in [1.807, 2.05) is 6.07 Å². The Labute approximate surface area is 163 Å². The molecule has 0 spiro atoms. The molecule has 6 heteroatoms. The Kier molecular flexibility index (Phi) is 5.02. The Bertz CT molecular complexity index is 1000. The molecule has 6 nitrogen and oxygen atoms in total. The van der Waals surface area contributed by atoms with E-state index in [2.05, 4.69) is 34.7 Å². The van der Waals surface area contributed by atoms with E-state index in [0.29, 0.717) is 30.3 Å². The van der Waals surface area contributed by atoms with E-state index >= 15 is 0 Å². The minimum Gasteiger partial charge on any atom is -0.465 e. The van der Waals surface area contributed by atoms with Gasteiger partial charge in [0.05, 0.1) is 18.4 Å². The summed E-state index contributed by atoms with van der Waals surface area (Å²) in [4.78, 5) is 29.7. The molecule has 1 aliphatic rings. The molecule has 1 saturated heterocycles. The van der Waals surface area contributed by atoms with Crippen LogP contribution in [0, 0.1) is 0 Å². The number of piperidine rings is 1. The average molecular weight is 377 g/mol. The Morgan fingerprint density at radius 3 is 2.57 bits per heavy atom. The Hall–Kier alpha value is -3.28. The molecule has 1 fully saturated rings. The molecule has 0 unspecified atom stereocenters. The van der Waals surface area contributed by atoms with Crippen LogP contribution in [0.5, 0.6) is 0 Å². The summed E-state index contributed by atoms with van der Waals surface area (Å²) >= 11 is 0. The minimum absolute atomic E-state index is 0.186. The van der Waals surface area contributed by atoms with Gasteiger partial charge in [-0.1, -0.05) is 30.3 Å². The van der Waals surface area contributed by atoms with Gasteiger partial charge in [-0.25, -0.2) is 9.59 Å². The lowest BCUT2D eigenvalue weighted by atomic mass is 9.89. The van der Waals surface area contributed by atoms with Gasteiger partial charge in [0.25, 0.3) is 0 Å². The molecule has 0 bridgehead atoms. The molecule has 0 aliphatic carbocycles. The maximum atomic E-state index is 12.7. The van der Waals surface area contributed by atoms with Gasteiger partial charge in [-0.15, -0.1) is 0 Å². The SMILES string of the molecule is COC(=O)c1ccccc1NC(=O)N1CCC(c2c[nH]c3ccccc23)CC1. The van der Waals surface area contributed by atoms with E-state index in [1.54, 1.807) is 29.2 Å². The molecule has 0 radical (unpaired) electrons. The number of anilines is 1. The van der Waals surface area contributed by atoms with Crippen molar-refractivity contribution in [2.24, 2.45) is 0 Å². The quantitative estimate of drug-likeness (QED) is 0.666. The second kappa shape index (κ2) is 7.76. The number of amides is 2. The maximum absolute atomic E-state index is 12.7. The molecule has 2 aromatic carbocycles. The number of carbonyl (C=O) groups excluding carboxylic acids is 2. The molecule has 28 heavy (non-hydrogen) atoms. The third-order valence-corrected chi connectivity index (χ3v) is 5.42. The number of likely N-dealkylation sites (tertiary alicyclic amines) is 1. The van der Waals surface area contributed by atoms with Crippen LogP contribution in [0.25, 0.3) is 10.9 Å². The van der Waals surface area contributed by atoms with Crippen molar-refractivity contribution in [2.45, 2.75) is 18.8 Å². The number of esters is 1. The van der Waals surface area contributed by atoms with Gasteiger partial charge < -0.3 is 19.9 Å². The summed E-state index contributed by atoms with van der Waals surface area (Å²) in [6, 6.07) is 15.0. The van der Waals surface area contributed by atoms with Crippen molar-refractivity contribution < 1.29 is 14.3 Å². The van der Waals surface area contributed by atoms with E-state index in [4.69, 9.17) is 4.74 Å². The molecule has 0 atom stereocenters. The second-order valence-corrected chi connectivity index (χ2v) is 7.02. The first-order valence-corrected chi connectivity index (χ1v) is 9.46. The molecule has 144 valence electrons. The number of urea groups is 1. The zero-order valence-corrected chi connectivity index (χ0v) is 15.8. The number of hydrogen-bond donors (Lipinski definition) is 2. The Morgan fingerprint density at radius 2 is 1.79 bits per heavy atom. The number of aromatic nitrogens is 1. The van der Waals surface area contributed by atoms with Crippen LogP contribution in [-0.4, -0.2) is 42.1 Å². The van der Waals surface area contributed by atoms with E-state index < -0.39 is 5.97 Å². The maximum Gasteiger partial charge on any atom is 0.339 e. The highest BCUT2D eigenvalue weighted by atomic mass is 16.5. The van der Waals surface area contributed by atoms with Crippen molar-refractivity contribution in [1.29, 1.82) is 0 Å². The van der Waals surface area contributed by atoms with Crippen LogP contribution in [0.4, 0.5) is 10.5 Å². The van der Waals surface area contributed by atoms with Gasteiger partial charge in [0.1, 0.15) is 0 Å². The number of benzene rings is 2. The summed E-state index contributed by atoms with van der Waals surface area (Å²) in [7, 11) is 1.33. The number of carbonyl (C=O) groups is 2. The van der Waals surface area contributed by atoms with Crippen molar-refractivity contribution >= 4 is 28.6 Å². The van der Waals surface area contributed by atoms with Crippen molar-refractivity contribution in [1.82, 2.24) is 9.88 Å². The van der Waals surface area contributed by atoms with Crippen molar-refractivity contribution in [3.8, 4) is 0 Å². The van der Waals surface area contributed by atoms with Crippen LogP contribution in [0.2, 0.25) is 0 Å². The second-order valence-electron chi connectivity index (χ2n) is 7.02. The van der Waals surface area contributed by atoms with Gasteiger partial charge in [0, 0.05) is 30.2 Å². The van der Waals surface area contributed by atoms with E-state index in [9.17, 15) is 9.59 Å². The highest BCUT2D eigenvalue weighted by Crippen LogP contribution is 2.33.